The van der Waals surface area contributed by atoms with E-state index in [1.165, 1.54) is 0 Å². The van der Waals surface area contributed by atoms with Crippen LogP contribution in [0.5, 0.6) is 0 Å². The monoisotopic (exact) mass is 580 g/mol. The van der Waals surface area contributed by atoms with Gasteiger partial charge in [-0.25, -0.2) is 4.99 Å². The van der Waals surface area contributed by atoms with E-state index in [0.29, 0.717) is 17.7 Å². The summed E-state index contributed by atoms with van der Waals surface area (Å²) >= 11 is 0. The number of aromatic amines is 1. The number of benzene rings is 1. The summed E-state index contributed by atoms with van der Waals surface area (Å²) in [6.45, 7) is 22.2. The van der Waals surface area contributed by atoms with Crippen molar-refractivity contribution in [1.29, 1.82) is 0 Å². The van der Waals surface area contributed by atoms with Gasteiger partial charge in [0.2, 0.25) is 0 Å². The second kappa shape index (κ2) is 14.2. The number of aryl methyl sites for hydroxylation is 2. The van der Waals surface area contributed by atoms with Crippen molar-refractivity contribution in [2.45, 2.75) is 46.7 Å². The molecule has 1 aliphatic rings. The smallest absolute Gasteiger partial charge is 0.253 e. The van der Waals surface area contributed by atoms with Crippen LogP contribution in [0, 0.1) is 6.92 Å². The molecule has 226 valence electrons. The second-order valence-corrected chi connectivity index (χ2v) is 11.3. The summed E-state index contributed by atoms with van der Waals surface area (Å²) in [5.41, 5.74) is 6.48. The Labute approximate surface area is 254 Å². The maximum Gasteiger partial charge on any atom is 0.253 e. The average molecular weight is 581 g/mol. The molecule has 43 heavy (non-hydrogen) atoms. The van der Waals surface area contributed by atoms with Gasteiger partial charge in [0.25, 0.3) is 11.5 Å². The van der Waals surface area contributed by atoms with E-state index in [9.17, 15) is 9.59 Å². The van der Waals surface area contributed by atoms with Gasteiger partial charge in [0.05, 0.1) is 0 Å². The number of hydrogen-bond donors (Lipinski definition) is 2. The second-order valence-electron chi connectivity index (χ2n) is 11.3. The number of allylic oxidation sites excluding steroid dienone is 5. The number of rotatable bonds is 12. The molecule has 0 spiro atoms. The molecule has 3 aromatic rings. The predicted molar refractivity (Wildman–Crippen MR) is 179 cm³/mol. The van der Waals surface area contributed by atoms with Crippen LogP contribution in [-0.4, -0.2) is 65.2 Å². The van der Waals surface area contributed by atoms with Gasteiger partial charge >= 0.3 is 0 Å². The van der Waals surface area contributed by atoms with E-state index < -0.39 is 0 Å². The van der Waals surface area contributed by atoms with Crippen LogP contribution in [0.2, 0.25) is 0 Å². The Morgan fingerprint density at radius 3 is 2.58 bits per heavy atom. The van der Waals surface area contributed by atoms with Crippen molar-refractivity contribution in [3.63, 3.8) is 0 Å². The highest BCUT2D eigenvalue weighted by atomic mass is 16.1. The first-order valence-electron chi connectivity index (χ1n) is 14.9. The Hall–Kier alpha value is -4.43. The molecule has 2 aromatic heterocycles. The van der Waals surface area contributed by atoms with Crippen LogP contribution in [0.25, 0.3) is 16.5 Å². The van der Waals surface area contributed by atoms with Crippen molar-refractivity contribution in [3.8, 4) is 0 Å². The molecular weight excluding hydrogens is 536 g/mol. The zero-order chi connectivity index (χ0) is 31.1. The third-order valence-corrected chi connectivity index (χ3v) is 8.03. The normalized spacial score (nSPS) is 14.7. The number of likely N-dealkylation sites (N-methyl/N-ethyl adjacent to an activating group) is 1. The largest absolute Gasteiger partial charge is 0.354 e. The number of amides is 1. The summed E-state index contributed by atoms with van der Waals surface area (Å²) in [5, 5.41) is 3.86. The highest BCUT2D eigenvalue weighted by Gasteiger charge is 2.18. The molecule has 1 fully saturated rings. The number of H-pyrrole nitrogens is 1. The number of nitrogens with zero attached hydrogens (tertiary/aromatic N) is 4. The first kappa shape index (κ1) is 31.5. The molecule has 0 unspecified atom stereocenters. The molecule has 0 saturated carbocycles. The number of carbonyl (C=O) groups excluding carboxylic acids is 1. The van der Waals surface area contributed by atoms with Gasteiger partial charge in [-0.05, 0) is 86.6 Å². The van der Waals surface area contributed by atoms with Crippen molar-refractivity contribution < 1.29 is 4.79 Å². The zero-order valence-corrected chi connectivity index (χ0v) is 26.0. The van der Waals surface area contributed by atoms with Crippen LogP contribution < -0.4 is 10.9 Å². The minimum absolute atomic E-state index is 0.153. The van der Waals surface area contributed by atoms with Gasteiger partial charge in [-0.2, -0.15) is 0 Å². The molecule has 0 aliphatic carbocycles. The summed E-state index contributed by atoms with van der Waals surface area (Å²) in [6, 6.07) is 7.97. The van der Waals surface area contributed by atoms with Gasteiger partial charge in [-0.3, -0.25) is 9.59 Å². The number of carbonyl (C=O) groups is 1. The summed E-state index contributed by atoms with van der Waals surface area (Å²) in [6.07, 6.45) is 9.43. The van der Waals surface area contributed by atoms with Crippen LogP contribution in [0.4, 0.5) is 0 Å². The molecular formula is C35H44N6O2. The summed E-state index contributed by atoms with van der Waals surface area (Å²) in [4.78, 5) is 38.3. The Bertz CT molecular complexity index is 1650. The van der Waals surface area contributed by atoms with Crippen molar-refractivity contribution in [2.24, 2.45) is 4.99 Å². The Balaban J connectivity index is 1.71. The fourth-order valence-electron chi connectivity index (χ4n) is 5.46. The molecule has 2 N–H and O–H groups in total. The molecule has 1 aromatic carbocycles. The molecule has 3 heterocycles. The Morgan fingerprint density at radius 2 is 1.91 bits per heavy atom. The van der Waals surface area contributed by atoms with Gasteiger partial charge in [-0.15, -0.1) is 0 Å². The number of pyridine rings is 1. The fraction of sp³-hybridized carbons (Fsp3) is 0.343. The molecule has 0 atom stereocenters. The average Bonchev–Trinajstić information content (AvgIpc) is 3.39. The maximum absolute atomic E-state index is 13.8. The van der Waals surface area contributed by atoms with Crippen molar-refractivity contribution in [1.82, 2.24) is 24.7 Å². The van der Waals surface area contributed by atoms with E-state index in [1.54, 1.807) is 6.08 Å². The van der Waals surface area contributed by atoms with Gasteiger partial charge in [0.15, 0.2) is 0 Å². The molecule has 0 radical (unpaired) electrons. The number of nitrogens with one attached hydrogen (secondary N) is 2. The van der Waals surface area contributed by atoms with E-state index in [0.717, 1.165) is 83.7 Å². The van der Waals surface area contributed by atoms with Crippen LogP contribution in [-0.2, 0) is 19.5 Å². The Morgan fingerprint density at radius 1 is 1.16 bits per heavy atom. The summed E-state index contributed by atoms with van der Waals surface area (Å²) < 4.78 is 2.08. The van der Waals surface area contributed by atoms with Gasteiger partial charge < -0.3 is 24.7 Å². The summed E-state index contributed by atoms with van der Waals surface area (Å²) in [7, 11) is 2.12. The molecule has 8 heteroatoms. The lowest BCUT2D eigenvalue weighted by Crippen LogP contribution is -2.43. The zero-order valence-electron chi connectivity index (χ0n) is 26.0. The van der Waals surface area contributed by atoms with Crippen LogP contribution in [0.3, 0.4) is 0 Å². The minimum Gasteiger partial charge on any atom is -0.354 e. The predicted octanol–water partition coefficient (Wildman–Crippen LogP) is 5.46. The third-order valence-electron chi connectivity index (χ3n) is 8.03. The number of hydrogen-bond acceptors (Lipinski definition) is 5. The lowest BCUT2D eigenvalue weighted by Gasteiger charge is -2.33. The van der Waals surface area contributed by atoms with Gasteiger partial charge in [0, 0.05) is 73.2 Å². The lowest BCUT2D eigenvalue weighted by molar-refractivity contribution is 0.0952. The first-order chi connectivity index (χ1) is 20.6. The fourth-order valence-corrected chi connectivity index (χ4v) is 5.46. The molecule has 1 amide bonds. The number of aromatic nitrogens is 2. The molecule has 0 bridgehead atoms. The highest BCUT2D eigenvalue weighted by Crippen LogP contribution is 2.28. The van der Waals surface area contributed by atoms with Gasteiger partial charge in [-0.1, -0.05) is 38.7 Å². The number of aliphatic imine (C=N–C) groups is 1. The SMILES string of the molecule is C=CC(=C)Cn1ccc2c(C(=O)NCc3c(CCC)cc(C)[nH]c3=O)cc(/C(C)=C/C=C(\N=C)N3CCN(C)CC3)cc21. The molecule has 1 saturated heterocycles. The Kier molecular flexibility index (Phi) is 10.4. The quantitative estimate of drug-likeness (QED) is 0.220. The van der Waals surface area contributed by atoms with Crippen molar-refractivity contribution in [3.05, 3.63) is 112 Å². The van der Waals surface area contributed by atoms with Crippen molar-refractivity contribution in [2.75, 3.05) is 33.2 Å². The molecule has 1 aliphatic heterocycles. The minimum atomic E-state index is -0.233. The highest BCUT2D eigenvalue weighted by molar-refractivity contribution is 6.07. The van der Waals surface area contributed by atoms with Crippen LogP contribution >= 0.6 is 0 Å². The first-order valence-corrected chi connectivity index (χ1v) is 14.9. The molecule has 8 nitrogen and oxygen atoms in total. The molecule has 4 rings (SSSR count). The topological polar surface area (TPSA) is 85.7 Å². The van der Waals surface area contributed by atoms with Crippen LogP contribution in [0.15, 0.2) is 83.0 Å². The number of piperazine rings is 1. The van der Waals surface area contributed by atoms with Crippen LogP contribution in [0.1, 0.15) is 53.0 Å². The maximum atomic E-state index is 13.8. The van der Waals surface area contributed by atoms with E-state index in [4.69, 9.17) is 0 Å². The van der Waals surface area contributed by atoms with E-state index in [2.05, 4.69) is 69.6 Å². The summed E-state index contributed by atoms with van der Waals surface area (Å²) in [5.74, 6) is 0.604. The van der Waals surface area contributed by atoms with Crippen molar-refractivity contribution >= 4 is 29.1 Å². The van der Waals surface area contributed by atoms with E-state index in [-0.39, 0.29) is 18.0 Å². The number of fused-ring (bicyclic) bond motifs is 1. The lowest BCUT2D eigenvalue weighted by atomic mass is 9.99. The van der Waals surface area contributed by atoms with E-state index in [1.807, 2.05) is 50.4 Å². The van der Waals surface area contributed by atoms with Gasteiger partial charge in [0.1, 0.15) is 5.82 Å². The van der Waals surface area contributed by atoms with E-state index >= 15 is 0 Å². The standard InChI is InChI=1S/C35H44N6O2/c1-8-10-27-19-26(5)38-35(43)31(27)22-37-34(42)30-20-28(21-32-29(30)13-14-41(32)23-24(3)9-2)25(4)11-12-33(36-6)40-17-15-39(7)16-18-40/h9,11-14,19-21H,2-3,6,8,10,15-18,22-23H2,1,4-5,7H3,(H,37,42)(H,38,43)/b25-11+,33-12+. The third kappa shape index (κ3) is 7.51.